The number of hydrogen-bond acceptors (Lipinski definition) is 8. The van der Waals surface area contributed by atoms with Crippen molar-refractivity contribution < 1.29 is 38.5 Å². The van der Waals surface area contributed by atoms with Crippen LogP contribution >= 0.6 is 0 Å². The van der Waals surface area contributed by atoms with Gasteiger partial charge in [0.15, 0.2) is 23.4 Å². The van der Waals surface area contributed by atoms with E-state index in [9.17, 15) is 19.1 Å². The van der Waals surface area contributed by atoms with Crippen LogP contribution in [0.25, 0.3) is 0 Å². The highest BCUT2D eigenvalue weighted by Gasteiger charge is 2.26. The molecule has 3 aromatic rings. The second kappa shape index (κ2) is 12.9. The van der Waals surface area contributed by atoms with Gasteiger partial charge in [-0.3, -0.25) is 0 Å². The molecule has 0 aliphatic rings. The Morgan fingerprint density at radius 2 is 1.70 bits per heavy atom. The summed E-state index contributed by atoms with van der Waals surface area (Å²) in [6.45, 7) is 1.58. The number of benzene rings is 3. The van der Waals surface area contributed by atoms with E-state index in [2.05, 4.69) is 10.5 Å². The Hall–Kier alpha value is -4.64. The summed E-state index contributed by atoms with van der Waals surface area (Å²) in [6.07, 6.45) is 0. The first kappa shape index (κ1) is 27.0. The number of nitrogens with two attached hydrogens (primary N) is 1. The summed E-state index contributed by atoms with van der Waals surface area (Å²) < 4.78 is 25.6. The van der Waals surface area contributed by atoms with Gasteiger partial charge in [0.25, 0.3) is 0 Å². The Labute approximate surface area is 212 Å². The van der Waals surface area contributed by atoms with E-state index in [-0.39, 0.29) is 42.7 Å². The summed E-state index contributed by atoms with van der Waals surface area (Å²) in [4.78, 5) is 28.9. The Kier molecular flexibility index (Phi) is 9.39. The molecule has 0 radical (unpaired) electrons. The topological polar surface area (TPSA) is 153 Å². The average molecular weight is 512 g/mol. The molecule has 0 aliphatic carbocycles. The quantitative estimate of drug-likeness (QED) is 0.124. The highest BCUT2D eigenvalue weighted by Crippen LogP contribution is 2.34. The van der Waals surface area contributed by atoms with Crippen molar-refractivity contribution in [2.45, 2.75) is 13.0 Å². The number of aliphatic hydroxyl groups is 1. The summed E-state index contributed by atoms with van der Waals surface area (Å²) >= 11 is 0. The van der Waals surface area contributed by atoms with Gasteiger partial charge in [-0.15, -0.1) is 0 Å². The van der Waals surface area contributed by atoms with Gasteiger partial charge in [-0.25, -0.2) is 14.0 Å². The Morgan fingerprint density at radius 3 is 2.32 bits per heavy atom. The number of anilines is 1. The average Bonchev–Trinajstić information content (AvgIpc) is 2.91. The zero-order valence-electron chi connectivity index (χ0n) is 19.9. The Morgan fingerprint density at radius 1 is 1.03 bits per heavy atom. The van der Waals surface area contributed by atoms with Crippen LogP contribution in [0.2, 0.25) is 0 Å². The predicted octanol–water partition coefficient (Wildman–Crippen LogP) is 3.31. The minimum Gasteiger partial charge on any atom is -0.490 e. The minimum atomic E-state index is -1.46. The summed E-state index contributed by atoms with van der Waals surface area (Å²) in [5, 5.41) is 25.2. The molecule has 0 heterocycles. The van der Waals surface area contributed by atoms with Gasteiger partial charge < -0.3 is 35.6 Å². The first-order valence-corrected chi connectivity index (χ1v) is 11.2. The van der Waals surface area contributed by atoms with Crippen LogP contribution in [-0.2, 0) is 9.63 Å². The first-order valence-electron chi connectivity index (χ1n) is 11.2. The van der Waals surface area contributed by atoms with E-state index in [0.29, 0.717) is 16.8 Å². The molecule has 0 fully saturated rings. The van der Waals surface area contributed by atoms with E-state index < -0.39 is 23.8 Å². The maximum Gasteiger partial charge on any atom is 0.365 e. The van der Waals surface area contributed by atoms with Crippen LogP contribution in [0.3, 0.4) is 0 Å². The molecule has 0 aromatic heterocycles. The molecule has 10 nitrogen and oxygen atoms in total. The number of carboxylic acid groups (broad SMARTS) is 1. The SMILES string of the molecule is CCOc1cc(C(Nc2ccc(/C(N)=N\OC(=O)c3ccccc3)cc2)C(=O)O)c(F)cc1OCCO. The van der Waals surface area contributed by atoms with Gasteiger partial charge in [0, 0.05) is 22.9 Å². The zero-order valence-corrected chi connectivity index (χ0v) is 19.9. The van der Waals surface area contributed by atoms with Gasteiger partial charge in [-0.05, 0) is 49.4 Å². The smallest absolute Gasteiger partial charge is 0.365 e. The number of hydrogen-bond donors (Lipinski definition) is 4. The first-order chi connectivity index (χ1) is 17.8. The molecule has 194 valence electrons. The monoisotopic (exact) mass is 511 g/mol. The Bertz CT molecular complexity index is 1250. The van der Waals surface area contributed by atoms with Crippen molar-refractivity contribution in [3.8, 4) is 11.5 Å². The van der Waals surface area contributed by atoms with Gasteiger partial charge in [-0.1, -0.05) is 23.4 Å². The summed E-state index contributed by atoms with van der Waals surface area (Å²) in [5.74, 6) is -2.71. The molecule has 37 heavy (non-hydrogen) atoms. The molecule has 0 aliphatic heterocycles. The van der Waals surface area contributed by atoms with Crippen LogP contribution in [0, 0.1) is 5.82 Å². The largest absolute Gasteiger partial charge is 0.490 e. The zero-order chi connectivity index (χ0) is 26.8. The van der Waals surface area contributed by atoms with Crippen molar-refractivity contribution in [3.05, 3.63) is 89.2 Å². The fourth-order valence-corrected chi connectivity index (χ4v) is 3.26. The third kappa shape index (κ3) is 7.18. The number of rotatable bonds is 12. The molecule has 0 bridgehead atoms. The van der Waals surface area contributed by atoms with Crippen LogP contribution in [0.1, 0.15) is 34.5 Å². The lowest BCUT2D eigenvalue weighted by atomic mass is 10.0. The molecule has 1 atom stereocenters. The minimum absolute atomic E-state index is 0.0494. The van der Waals surface area contributed by atoms with Gasteiger partial charge in [0.2, 0.25) is 0 Å². The fourth-order valence-electron chi connectivity index (χ4n) is 3.26. The maximum atomic E-state index is 14.9. The number of amidine groups is 1. The van der Waals surface area contributed by atoms with E-state index in [1.54, 1.807) is 37.3 Å². The van der Waals surface area contributed by atoms with Gasteiger partial charge >= 0.3 is 11.9 Å². The number of carbonyl (C=O) groups is 2. The third-order valence-electron chi connectivity index (χ3n) is 5.00. The fraction of sp³-hybridized carbons (Fsp3) is 0.192. The number of ether oxygens (including phenoxy) is 2. The van der Waals surface area contributed by atoms with Gasteiger partial charge in [-0.2, -0.15) is 0 Å². The van der Waals surface area contributed by atoms with Crippen LogP contribution in [0.4, 0.5) is 10.1 Å². The van der Waals surface area contributed by atoms with E-state index in [4.69, 9.17) is 25.2 Å². The molecule has 0 amide bonds. The van der Waals surface area contributed by atoms with Crippen molar-refractivity contribution in [1.29, 1.82) is 0 Å². The molecule has 3 rings (SSSR count). The maximum absolute atomic E-state index is 14.9. The molecule has 0 saturated heterocycles. The molecule has 11 heteroatoms. The second-order valence-corrected chi connectivity index (χ2v) is 7.54. The van der Waals surface area contributed by atoms with Crippen LogP contribution < -0.4 is 20.5 Å². The Balaban J connectivity index is 1.77. The number of aliphatic hydroxyl groups excluding tert-OH is 1. The lowest BCUT2D eigenvalue weighted by Gasteiger charge is -2.20. The van der Waals surface area contributed by atoms with E-state index >= 15 is 0 Å². The van der Waals surface area contributed by atoms with Crippen LogP contribution in [-0.4, -0.2) is 47.8 Å². The van der Waals surface area contributed by atoms with Crippen LogP contribution in [0.5, 0.6) is 11.5 Å². The number of nitrogens with zero attached hydrogens (tertiary/aromatic N) is 1. The molecule has 1 unspecified atom stereocenters. The number of aliphatic carboxylic acids is 1. The van der Waals surface area contributed by atoms with Crippen LogP contribution in [0.15, 0.2) is 71.9 Å². The van der Waals surface area contributed by atoms with Crippen molar-refractivity contribution in [1.82, 2.24) is 0 Å². The van der Waals surface area contributed by atoms with Crippen molar-refractivity contribution in [3.63, 3.8) is 0 Å². The third-order valence-corrected chi connectivity index (χ3v) is 5.00. The molecular weight excluding hydrogens is 485 g/mol. The summed E-state index contributed by atoms with van der Waals surface area (Å²) in [5.41, 5.74) is 6.79. The second-order valence-electron chi connectivity index (χ2n) is 7.54. The van der Waals surface area contributed by atoms with Gasteiger partial charge in [0.1, 0.15) is 12.4 Å². The van der Waals surface area contributed by atoms with E-state index in [1.165, 1.54) is 30.3 Å². The molecule has 5 N–H and O–H groups in total. The number of nitrogens with one attached hydrogen (secondary N) is 1. The molecule has 3 aromatic carbocycles. The van der Waals surface area contributed by atoms with Gasteiger partial charge in [0.05, 0.1) is 18.8 Å². The normalized spacial score (nSPS) is 11.9. The molecule has 0 saturated carbocycles. The van der Waals surface area contributed by atoms with E-state index in [0.717, 1.165) is 6.07 Å². The van der Waals surface area contributed by atoms with Crippen molar-refractivity contribution in [2.75, 3.05) is 25.1 Å². The molecule has 0 spiro atoms. The number of carboxylic acids is 1. The standard InChI is InChI=1S/C26H26FN3O7/c1-2-35-21-14-19(20(27)15-22(21)36-13-12-31)23(25(32)33)29-18-10-8-16(9-11-18)24(28)30-37-26(34)17-6-4-3-5-7-17/h3-11,14-15,23,29,31H,2,12-13H2,1H3,(H2,28,30)(H,32,33). The number of carbonyl (C=O) groups excluding carboxylic acids is 1. The predicted molar refractivity (Wildman–Crippen MR) is 133 cm³/mol. The van der Waals surface area contributed by atoms with Crippen molar-refractivity contribution >= 4 is 23.5 Å². The highest BCUT2D eigenvalue weighted by molar-refractivity contribution is 5.98. The summed E-state index contributed by atoms with van der Waals surface area (Å²) in [7, 11) is 0. The van der Waals surface area contributed by atoms with E-state index in [1.807, 2.05) is 0 Å². The number of halogens is 1. The highest BCUT2D eigenvalue weighted by atomic mass is 19.1. The van der Waals surface area contributed by atoms with Crippen molar-refractivity contribution in [2.24, 2.45) is 10.9 Å². The molecular formula is C26H26FN3O7. The lowest BCUT2D eigenvalue weighted by molar-refractivity contribution is -0.138. The summed E-state index contributed by atoms with van der Waals surface area (Å²) in [6, 6.07) is 15.2. The lowest BCUT2D eigenvalue weighted by Crippen LogP contribution is -2.22. The number of oxime groups is 1.